The first-order chi connectivity index (χ1) is 7.24. The molecule has 0 aliphatic rings. The maximum absolute atomic E-state index is 11.1. The molecule has 2 nitrogen and oxygen atoms in total. The molecule has 0 aliphatic carbocycles. The molecule has 3 heteroatoms. The minimum absolute atomic E-state index is 0.0129. The molecule has 0 radical (unpaired) electrons. The van der Waals surface area contributed by atoms with Crippen LogP contribution in [0.4, 0.5) is 0 Å². The van der Waals surface area contributed by atoms with Crippen molar-refractivity contribution in [3.05, 3.63) is 0 Å². The molecule has 0 amide bonds. The van der Waals surface area contributed by atoms with Crippen LogP contribution in [0.5, 0.6) is 0 Å². The Morgan fingerprint density at radius 1 is 1.07 bits per heavy atom. The number of esters is 1. The number of rotatable bonds is 9. The van der Waals surface area contributed by atoms with E-state index in [1.807, 2.05) is 0 Å². The predicted octanol–water partition coefficient (Wildman–Crippen LogP) is 3.64. The summed E-state index contributed by atoms with van der Waals surface area (Å²) < 4.78 is 8.84. The van der Waals surface area contributed by atoms with Gasteiger partial charge in [0.25, 0.3) is 0 Å². The third-order valence-corrected chi connectivity index (χ3v) is 11.5. The van der Waals surface area contributed by atoms with Crippen LogP contribution >= 0.6 is 0 Å². The van der Waals surface area contributed by atoms with Gasteiger partial charge in [0.15, 0.2) is 0 Å². The maximum atomic E-state index is 11.1. The molecular formula is C12H25O2Sn+. The summed E-state index contributed by atoms with van der Waals surface area (Å²) in [5.41, 5.74) is 0. The van der Waals surface area contributed by atoms with Gasteiger partial charge in [-0.1, -0.05) is 0 Å². The molecule has 0 aromatic rings. The molecule has 88 valence electrons. The standard InChI is InChI=1S/C4H7O2.2C4H9.Sn/c1-3-4(5)6-2;2*1-3-4-2;/h1,3H2,2H3;2*1,3-4H2,2H3;/q;;;+1. The molecule has 0 aliphatic heterocycles. The van der Waals surface area contributed by atoms with Crippen LogP contribution in [-0.2, 0) is 9.53 Å². The van der Waals surface area contributed by atoms with Crippen molar-refractivity contribution >= 4 is 25.7 Å². The Morgan fingerprint density at radius 2 is 1.60 bits per heavy atom. The second-order valence-corrected chi connectivity index (χ2v) is 12.6. The van der Waals surface area contributed by atoms with Crippen molar-refractivity contribution in [1.82, 2.24) is 0 Å². The fourth-order valence-electron chi connectivity index (χ4n) is 1.61. The van der Waals surface area contributed by atoms with Crippen LogP contribution in [-0.4, -0.2) is 32.8 Å². The second-order valence-electron chi connectivity index (χ2n) is 4.03. The summed E-state index contributed by atoms with van der Waals surface area (Å²) >= 11 is -1.21. The van der Waals surface area contributed by atoms with E-state index >= 15 is 0 Å². The van der Waals surface area contributed by atoms with E-state index in [0.29, 0.717) is 6.42 Å². The molecule has 0 unspecified atom stereocenters. The van der Waals surface area contributed by atoms with Gasteiger partial charge in [-0.05, 0) is 0 Å². The average molecular weight is 320 g/mol. The normalized spacial score (nSPS) is 10.1. The summed E-state index contributed by atoms with van der Waals surface area (Å²) in [5.74, 6) is -0.0129. The zero-order chi connectivity index (χ0) is 11.5. The Hall–Kier alpha value is 0.269. The van der Waals surface area contributed by atoms with E-state index in [-0.39, 0.29) is 5.97 Å². The summed E-state index contributed by atoms with van der Waals surface area (Å²) in [6.45, 7) is 4.50. The van der Waals surface area contributed by atoms with E-state index in [0.717, 1.165) is 0 Å². The molecule has 0 fully saturated rings. The Bertz CT molecular complexity index is 152. The minimum atomic E-state index is -1.21. The van der Waals surface area contributed by atoms with E-state index in [2.05, 4.69) is 13.8 Å². The molecule has 0 atom stereocenters. The number of ether oxygens (including phenoxy) is 1. The van der Waals surface area contributed by atoms with Gasteiger partial charge >= 0.3 is 102 Å². The monoisotopic (exact) mass is 321 g/mol. The van der Waals surface area contributed by atoms with E-state index in [1.165, 1.54) is 46.1 Å². The van der Waals surface area contributed by atoms with Crippen LogP contribution in [0.15, 0.2) is 0 Å². The van der Waals surface area contributed by atoms with E-state index in [1.54, 1.807) is 0 Å². The van der Waals surface area contributed by atoms with Gasteiger partial charge < -0.3 is 0 Å². The number of carbonyl (C=O) groups is 1. The van der Waals surface area contributed by atoms with Crippen LogP contribution in [0.3, 0.4) is 0 Å². The number of hydrogen-bond donors (Lipinski definition) is 0. The van der Waals surface area contributed by atoms with Crippen molar-refractivity contribution in [3.8, 4) is 0 Å². The van der Waals surface area contributed by atoms with Crippen LogP contribution in [0.1, 0.15) is 46.0 Å². The fraction of sp³-hybridized carbons (Fsp3) is 0.917. The van der Waals surface area contributed by atoms with Crippen molar-refractivity contribution in [2.75, 3.05) is 7.11 Å². The SMILES string of the molecule is CCC[CH2][Sn+]([CH2]CCC)[CH2]CC(=O)OC. The molecule has 15 heavy (non-hydrogen) atoms. The van der Waals surface area contributed by atoms with E-state index in [4.69, 9.17) is 4.74 Å². The van der Waals surface area contributed by atoms with Crippen molar-refractivity contribution < 1.29 is 9.53 Å². The first-order valence-electron chi connectivity index (χ1n) is 6.14. The van der Waals surface area contributed by atoms with Crippen molar-refractivity contribution in [2.45, 2.75) is 59.3 Å². The number of methoxy groups -OCH3 is 1. The third kappa shape index (κ3) is 9.21. The van der Waals surface area contributed by atoms with Gasteiger partial charge in [-0.3, -0.25) is 0 Å². The average Bonchev–Trinajstić information content (AvgIpc) is 2.27. The predicted molar refractivity (Wildman–Crippen MR) is 66.6 cm³/mol. The van der Waals surface area contributed by atoms with Crippen LogP contribution in [0.2, 0.25) is 13.3 Å². The fourth-order valence-corrected chi connectivity index (χ4v) is 10.2. The molecular weight excluding hydrogens is 295 g/mol. The van der Waals surface area contributed by atoms with Crippen LogP contribution in [0, 0.1) is 0 Å². The summed E-state index contributed by atoms with van der Waals surface area (Å²) in [4.78, 5) is 11.1. The van der Waals surface area contributed by atoms with Gasteiger partial charge in [0.2, 0.25) is 0 Å². The van der Waals surface area contributed by atoms with E-state index in [9.17, 15) is 4.79 Å². The zero-order valence-electron chi connectivity index (χ0n) is 10.5. The van der Waals surface area contributed by atoms with Crippen LogP contribution < -0.4 is 0 Å². The molecule has 0 aromatic heterocycles. The van der Waals surface area contributed by atoms with Crippen molar-refractivity contribution in [3.63, 3.8) is 0 Å². The summed E-state index contributed by atoms with van der Waals surface area (Å²) in [6, 6.07) is 0. The Labute approximate surface area is 102 Å². The van der Waals surface area contributed by atoms with Gasteiger partial charge in [0, 0.05) is 0 Å². The van der Waals surface area contributed by atoms with Gasteiger partial charge in [-0.25, -0.2) is 0 Å². The number of carbonyl (C=O) groups excluding carboxylic acids is 1. The van der Waals surface area contributed by atoms with Crippen LogP contribution in [0.25, 0.3) is 0 Å². The van der Waals surface area contributed by atoms with Crippen molar-refractivity contribution in [2.24, 2.45) is 0 Å². The van der Waals surface area contributed by atoms with Gasteiger partial charge in [0.1, 0.15) is 0 Å². The molecule has 0 rings (SSSR count). The molecule has 0 saturated heterocycles. The molecule has 0 heterocycles. The van der Waals surface area contributed by atoms with Crippen molar-refractivity contribution in [1.29, 1.82) is 0 Å². The third-order valence-electron chi connectivity index (χ3n) is 2.68. The topological polar surface area (TPSA) is 26.3 Å². The molecule has 0 N–H and O–H groups in total. The molecule has 0 spiro atoms. The quantitative estimate of drug-likeness (QED) is 0.479. The first kappa shape index (κ1) is 15.3. The van der Waals surface area contributed by atoms with E-state index < -0.39 is 19.8 Å². The Morgan fingerprint density at radius 3 is 2.00 bits per heavy atom. The zero-order valence-corrected chi connectivity index (χ0v) is 13.3. The summed E-state index contributed by atoms with van der Waals surface area (Å²) in [6.07, 6.45) is 6.03. The van der Waals surface area contributed by atoms with Gasteiger partial charge in [-0.15, -0.1) is 0 Å². The number of hydrogen-bond acceptors (Lipinski definition) is 2. The first-order valence-corrected chi connectivity index (χ1v) is 12.2. The second kappa shape index (κ2) is 10.8. The summed E-state index contributed by atoms with van der Waals surface area (Å²) in [7, 11) is 1.49. The molecule has 0 bridgehead atoms. The summed E-state index contributed by atoms with van der Waals surface area (Å²) in [5, 5.41) is 0. The van der Waals surface area contributed by atoms with Gasteiger partial charge in [-0.2, -0.15) is 0 Å². The van der Waals surface area contributed by atoms with Gasteiger partial charge in [0.05, 0.1) is 0 Å². The number of unbranched alkanes of at least 4 members (excludes halogenated alkanes) is 2. The Kier molecular flexibility index (Phi) is 11.0. The molecule has 0 aromatic carbocycles. The Balaban J connectivity index is 3.72. The molecule has 0 saturated carbocycles.